The molecule has 0 saturated carbocycles. The predicted octanol–water partition coefficient (Wildman–Crippen LogP) is 4.68. The van der Waals surface area contributed by atoms with Gasteiger partial charge in [-0.25, -0.2) is 9.79 Å². The van der Waals surface area contributed by atoms with Gasteiger partial charge in [-0.3, -0.25) is 0 Å². The van der Waals surface area contributed by atoms with Crippen molar-refractivity contribution in [1.82, 2.24) is 4.90 Å². The maximum atomic E-state index is 12.6. The fourth-order valence-corrected chi connectivity index (χ4v) is 4.29. The second-order valence-electron chi connectivity index (χ2n) is 5.59. The summed E-state index contributed by atoms with van der Waals surface area (Å²) in [5, 5.41) is 1.92. The predicted molar refractivity (Wildman–Crippen MR) is 99.8 cm³/mol. The topological polar surface area (TPSA) is 41.9 Å². The fourth-order valence-electron chi connectivity index (χ4n) is 2.97. The molecule has 1 aromatic carbocycles. The first kappa shape index (κ1) is 17.6. The Morgan fingerprint density at radius 2 is 2.21 bits per heavy atom. The number of allylic oxidation sites excluding steroid dienone is 1. The molecule has 24 heavy (non-hydrogen) atoms. The zero-order valence-electron chi connectivity index (χ0n) is 13.5. The zero-order chi connectivity index (χ0) is 17.3. The van der Waals surface area contributed by atoms with Crippen LogP contribution in [0.25, 0.3) is 0 Å². The molecule has 128 valence electrons. The van der Waals surface area contributed by atoms with Gasteiger partial charge in [-0.2, -0.15) is 0 Å². The van der Waals surface area contributed by atoms with Gasteiger partial charge >= 0.3 is 5.97 Å². The summed E-state index contributed by atoms with van der Waals surface area (Å²) < 4.78 is 5.28. The molecule has 0 radical (unpaired) electrons. The van der Waals surface area contributed by atoms with Gasteiger partial charge in [0, 0.05) is 12.3 Å². The third kappa shape index (κ3) is 3.30. The number of aliphatic imine (C=N–C) groups is 1. The van der Waals surface area contributed by atoms with Crippen LogP contribution in [0.2, 0.25) is 10.0 Å². The third-order valence-corrected chi connectivity index (χ3v) is 5.83. The van der Waals surface area contributed by atoms with Gasteiger partial charge < -0.3 is 9.64 Å². The Kier molecular flexibility index (Phi) is 5.42. The van der Waals surface area contributed by atoms with Gasteiger partial charge in [-0.15, -0.1) is 0 Å². The van der Waals surface area contributed by atoms with E-state index in [4.69, 9.17) is 27.9 Å². The molecule has 2 aliphatic rings. The molecule has 4 nitrogen and oxygen atoms in total. The number of esters is 1. The maximum absolute atomic E-state index is 12.6. The van der Waals surface area contributed by atoms with Gasteiger partial charge in [-0.05, 0) is 38.0 Å². The van der Waals surface area contributed by atoms with E-state index < -0.39 is 0 Å². The van der Waals surface area contributed by atoms with E-state index in [0.717, 1.165) is 29.4 Å². The van der Waals surface area contributed by atoms with Crippen LogP contribution in [0.5, 0.6) is 0 Å². The molecule has 0 amide bonds. The van der Waals surface area contributed by atoms with Crippen LogP contribution in [0.3, 0.4) is 0 Å². The van der Waals surface area contributed by atoms with Crippen LogP contribution in [0, 0.1) is 0 Å². The first-order valence-corrected chi connectivity index (χ1v) is 9.58. The minimum atomic E-state index is -0.329. The van der Waals surface area contributed by atoms with Crippen molar-refractivity contribution in [3.63, 3.8) is 0 Å². The second-order valence-corrected chi connectivity index (χ2v) is 7.46. The molecular weight excluding hydrogens is 367 g/mol. The number of hydrogen-bond donors (Lipinski definition) is 0. The largest absolute Gasteiger partial charge is 0.463 e. The molecule has 0 aliphatic carbocycles. The lowest BCUT2D eigenvalue weighted by Crippen LogP contribution is -2.42. The molecule has 0 bridgehead atoms. The SMILES string of the molecule is CCOC(=O)C1=C(C)N=C2SCCCN2C1c1ccc(Cl)c(Cl)c1. The Morgan fingerprint density at radius 1 is 1.42 bits per heavy atom. The molecule has 1 unspecified atom stereocenters. The Balaban J connectivity index is 2.11. The second kappa shape index (κ2) is 7.38. The van der Waals surface area contributed by atoms with Crippen LogP contribution in [0.15, 0.2) is 34.5 Å². The van der Waals surface area contributed by atoms with E-state index in [0.29, 0.717) is 27.9 Å². The fraction of sp³-hybridized carbons (Fsp3) is 0.412. The van der Waals surface area contributed by atoms with E-state index >= 15 is 0 Å². The highest BCUT2D eigenvalue weighted by Crippen LogP contribution is 2.41. The summed E-state index contributed by atoms with van der Waals surface area (Å²) >= 11 is 14.0. The van der Waals surface area contributed by atoms with Gasteiger partial charge in [0.25, 0.3) is 0 Å². The molecule has 2 heterocycles. The van der Waals surface area contributed by atoms with Crippen LogP contribution in [-0.4, -0.2) is 34.9 Å². The van der Waals surface area contributed by atoms with Crippen LogP contribution in [0.4, 0.5) is 0 Å². The molecule has 3 rings (SSSR count). The number of benzene rings is 1. The van der Waals surface area contributed by atoms with Crippen LogP contribution >= 0.6 is 35.0 Å². The van der Waals surface area contributed by atoms with Gasteiger partial charge in [-0.1, -0.05) is 41.0 Å². The first-order chi connectivity index (χ1) is 11.5. The van der Waals surface area contributed by atoms with Crippen molar-refractivity contribution in [3.05, 3.63) is 45.1 Å². The van der Waals surface area contributed by atoms with Crippen molar-refractivity contribution in [2.24, 2.45) is 4.99 Å². The van der Waals surface area contributed by atoms with Gasteiger partial charge in [0.2, 0.25) is 0 Å². The van der Waals surface area contributed by atoms with Gasteiger partial charge in [0.1, 0.15) is 0 Å². The number of carbonyl (C=O) groups is 1. The van der Waals surface area contributed by atoms with Crippen molar-refractivity contribution in [2.75, 3.05) is 18.9 Å². The zero-order valence-corrected chi connectivity index (χ0v) is 15.8. The van der Waals surface area contributed by atoms with Crippen LogP contribution < -0.4 is 0 Å². The van der Waals surface area contributed by atoms with E-state index in [-0.39, 0.29) is 12.0 Å². The minimum Gasteiger partial charge on any atom is -0.463 e. The summed E-state index contributed by atoms with van der Waals surface area (Å²) in [6.45, 7) is 4.83. The molecule has 1 aromatic rings. The number of fused-ring (bicyclic) bond motifs is 1. The minimum absolute atomic E-state index is 0.251. The number of nitrogens with zero attached hydrogens (tertiary/aromatic N) is 2. The third-order valence-electron chi connectivity index (χ3n) is 4.01. The lowest BCUT2D eigenvalue weighted by molar-refractivity contribution is -0.139. The summed E-state index contributed by atoms with van der Waals surface area (Å²) in [6.07, 6.45) is 1.04. The molecule has 0 aromatic heterocycles. The van der Waals surface area contributed by atoms with Gasteiger partial charge in [0.05, 0.1) is 34.0 Å². The van der Waals surface area contributed by atoms with E-state index in [1.54, 1.807) is 24.8 Å². The number of rotatable bonds is 3. The van der Waals surface area contributed by atoms with Crippen LogP contribution in [0.1, 0.15) is 31.9 Å². The van der Waals surface area contributed by atoms with Crippen molar-refractivity contribution < 1.29 is 9.53 Å². The maximum Gasteiger partial charge on any atom is 0.338 e. The summed E-state index contributed by atoms with van der Waals surface area (Å²) in [5.74, 6) is 0.704. The van der Waals surface area contributed by atoms with Crippen molar-refractivity contribution in [1.29, 1.82) is 0 Å². The normalized spacial score (nSPS) is 20.6. The molecule has 7 heteroatoms. The number of carbonyl (C=O) groups excluding carboxylic acids is 1. The Bertz CT molecular complexity index is 733. The van der Waals surface area contributed by atoms with Gasteiger partial charge in [0.15, 0.2) is 5.17 Å². The standard InChI is InChI=1S/C17H18Cl2N2O2S/c1-3-23-16(22)14-10(2)20-17-21(7-4-8-24-17)15(14)11-5-6-12(18)13(19)9-11/h5-6,9,15H,3-4,7-8H2,1-2H3. The monoisotopic (exact) mass is 384 g/mol. The quantitative estimate of drug-likeness (QED) is 0.709. The van der Waals surface area contributed by atoms with Crippen molar-refractivity contribution >= 4 is 46.1 Å². The molecule has 1 atom stereocenters. The summed E-state index contributed by atoms with van der Waals surface area (Å²) in [4.78, 5) is 19.4. The molecule has 0 N–H and O–H groups in total. The van der Waals surface area contributed by atoms with E-state index in [9.17, 15) is 4.79 Å². The van der Waals surface area contributed by atoms with Crippen molar-refractivity contribution in [2.45, 2.75) is 26.3 Å². The van der Waals surface area contributed by atoms with E-state index in [1.807, 2.05) is 19.1 Å². The molecule has 1 saturated heterocycles. The van der Waals surface area contributed by atoms with Crippen LogP contribution in [-0.2, 0) is 9.53 Å². The summed E-state index contributed by atoms with van der Waals surface area (Å²) in [7, 11) is 0. The average molecular weight is 385 g/mol. The average Bonchev–Trinajstić information content (AvgIpc) is 2.56. The number of ether oxygens (including phenoxy) is 1. The highest BCUT2D eigenvalue weighted by atomic mass is 35.5. The lowest BCUT2D eigenvalue weighted by atomic mass is 9.94. The number of halogens is 2. The first-order valence-electron chi connectivity index (χ1n) is 7.84. The van der Waals surface area contributed by atoms with Crippen molar-refractivity contribution in [3.8, 4) is 0 Å². The molecule has 1 fully saturated rings. The highest BCUT2D eigenvalue weighted by Gasteiger charge is 2.37. The van der Waals surface area contributed by atoms with E-state index in [1.165, 1.54) is 0 Å². The molecule has 2 aliphatic heterocycles. The summed E-state index contributed by atoms with van der Waals surface area (Å²) in [5.41, 5.74) is 2.19. The molecular formula is C17H18Cl2N2O2S. The smallest absolute Gasteiger partial charge is 0.338 e. The Labute approximate surface area is 155 Å². The Hall–Kier alpha value is -1.17. The highest BCUT2D eigenvalue weighted by molar-refractivity contribution is 8.13. The number of thioether (sulfide) groups is 1. The number of amidine groups is 1. The Morgan fingerprint density at radius 3 is 2.92 bits per heavy atom. The van der Waals surface area contributed by atoms with E-state index in [2.05, 4.69) is 9.89 Å². The molecule has 0 spiro atoms. The number of hydrogen-bond acceptors (Lipinski definition) is 5. The lowest BCUT2D eigenvalue weighted by Gasteiger charge is -2.40. The summed E-state index contributed by atoms with van der Waals surface area (Å²) in [6, 6.07) is 5.25.